The second-order valence-electron chi connectivity index (χ2n) is 7.24. The largest absolute Gasteiger partial charge is 0.310 e. The van der Waals surface area contributed by atoms with Gasteiger partial charge in [0.1, 0.15) is 6.33 Å². The normalized spacial score (nSPS) is 15.6. The number of rotatable bonds is 1. The zero-order chi connectivity index (χ0) is 13.8. The van der Waals surface area contributed by atoms with E-state index in [1.54, 1.807) is 6.33 Å². The average molecular weight is 267 g/mol. The van der Waals surface area contributed by atoms with Crippen LogP contribution in [0.2, 0.25) is 0 Å². The van der Waals surface area contributed by atoms with Crippen molar-refractivity contribution in [3.05, 3.63) is 24.3 Å². The molecule has 2 aromatic heterocycles. The smallest absolute Gasteiger partial charge is 0.150 e. The zero-order valence-electron chi connectivity index (χ0n) is 12.5. The summed E-state index contributed by atoms with van der Waals surface area (Å²) in [4.78, 5) is 8.79. The Balaban J connectivity index is 2.81. The van der Waals surface area contributed by atoms with E-state index in [9.17, 15) is 0 Å². The summed E-state index contributed by atoms with van der Waals surface area (Å²) in [6.45, 7) is 9.02. The fraction of sp³-hybridized carbons (Fsp3) is 0.571. The van der Waals surface area contributed by atoms with Gasteiger partial charge in [-0.2, -0.15) is 0 Å². The summed E-state index contributed by atoms with van der Waals surface area (Å²) in [5.74, 6) is 0. The predicted molar refractivity (Wildman–Crippen MR) is 84.2 cm³/mol. The van der Waals surface area contributed by atoms with Crippen molar-refractivity contribution in [1.82, 2.24) is 13.9 Å². The Labute approximate surface area is 110 Å². The Morgan fingerprint density at radius 2 is 1.72 bits per heavy atom. The number of hydrogen-bond acceptors (Lipinski definition) is 2. The molecule has 0 atom stereocenters. The third-order valence-electron chi connectivity index (χ3n) is 4.73. The summed E-state index contributed by atoms with van der Waals surface area (Å²) in [5.41, 5.74) is 2.13. The maximum absolute atomic E-state index is 4.51. The van der Waals surface area contributed by atoms with Gasteiger partial charge in [-0.15, -0.1) is 0 Å². The van der Waals surface area contributed by atoms with Crippen molar-refractivity contribution in [3.63, 3.8) is 0 Å². The van der Waals surface area contributed by atoms with Crippen LogP contribution in [-0.4, -0.2) is 37.5 Å². The quantitative estimate of drug-likeness (QED) is 0.804. The number of thiol groups is 1. The first-order valence-corrected chi connectivity index (χ1v) is 9.86. The van der Waals surface area contributed by atoms with Crippen molar-refractivity contribution in [2.45, 2.75) is 32.4 Å². The molecule has 2 aromatic rings. The fourth-order valence-electron chi connectivity index (χ4n) is 1.95. The van der Waals surface area contributed by atoms with E-state index in [0.717, 1.165) is 11.3 Å². The van der Waals surface area contributed by atoms with Crippen LogP contribution in [-0.2, 0) is 0 Å². The summed E-state index contributed by atoms with van der Waals surface area (Å²) < 4.78 is 2.64. The van der Waals surface area contributed by atoms with Crippen LogP contribution in [0.25, 0.3) is 11.0 Å². The molecule has 102 valence electrons. The van der Waals surface area contributed by atoms with Gasteiger partial charge < -0.3 is 3.97 Å². The first-order valence-electron chi connectivity index (χ1n) is 6.33. The molecule has 2 heterocycles. The number of fused-ring (bicyclic) bond motifs is 1. The third kappa shape index (κ3) is 1.66. The number of hydrogen-bond donors (Lipinski definition) is 1. The maximum atomic E-state index is 4.51. The highest BCUT2D eigenvalue weighted by molar-refractivity contribution is 8.48. The number of nitrogens with zero attached hydrogens (tertiary/aromatic N) is 3. The predicted octanol–water partition coefficient (Wildman–Crippen LogP) is 3.26. The Bertz CT molecular complexity index is 597. The fourth-order valence-corrected chi connectivity index (χ4v) is 3.95. The van der Waals surface area contributed by atoms with Gasteiger partial charge in [-0.1, -0.05) is 20.8 Å². The van der Waals surface area contributed by atoms with E-state index in [2.05, 4.69) is 65.7 Å². The lowest BCUT2D eigenvalue weighted by atomic mass is 10.3. The SMILES string of the molecule is Cc1ncnc2c1ccn2[SH](C)(C)(C)C(C)(C)C. The Morgan fingerprint density at radius 3 is 2.28 bits per heavy atom. The van der Waals surface area contributed by atoms with Gasteiger partial charge in [-0.25, -0.2) is 19.3 Å². The van der Waals surface area contributed by atoms with Crippen LogP contribution in [0, 0.1) is 6.92 Å². The molecule has 0 aromatic carbocycles. The van der Waals surface area contributed by atoms with Gasteiger partial charge in [0.05, 0.1) is 5.69 Å². The molecule has 0 aliphatic rings. The molecule has 0 aliphatic carbocycles. The van der Waals surface area contributed by atoms with E-state index in [4.69, 9.17) is 0 Å². The number of aryl methyl sites for hydroxylation is 1. The minimum absolute atomic E-state index is 0.233. The lowest BCUT2D eigenvalue weighted by Gasteiger charge is -2.63. The van der Waals surface area contributed by atoms with E-state index < -0.39 is 9.35 Å². The molecule has 4 heteroatoms. The van der Waals surface area contributed by atoms with Crippen LogP contribution in [0.4, 0.5) is 0 Å². The van der Waals surface area contributed by atoms with Gasteiger partial charge in [0.15, 0.2) is 5.65 Å². The van der Waals surface area contributed by atoms with Crippen molar-refractivity contribution in [1.29, 1.82) is 0 Å². The second kappa shape index (κ2) is 3.50. The molecule has 0 spiro atoms. The summed E-state index contributed by atoms with van der Waals surface area (Å²) in [5, 5.41) is 1.17. The van der Waals surface area contributed by atoms with Gasteiger partial charge >= 0.3 is 0 Å². The minimum Gasteiger partial charge on any atom is -0.310 e. The molecule has 0 bridgehead atoms. The van der Waals surface area contributed by atoms with Gasteiger partial charge in [-0.05, 0) is 36.5 Å². The van der Waals surface area contributed by atoms with E-state index in [0.29, 0.717) is 0 Å². The second-order valence-corrected chi connectivity index (χ2v) is 14.4. The standard InChI is InChI=1S/C14H25N3S/c1-11-12-8-9-17(13(12)16-10-15-11)18(5,6,7)14(2,3)4/h8-10,18H,1-7H3. The monoisotopic (exact) mass is 267 g/mol. The molecular formula is C14H25N3S. The molecule has 3 nitrogen and oxygen atoms in total. The summed E-state index contributed by atoms with van der Waals surface area (Å²) >= 11 is 0. The van der Waals surface area contributed by atoms with E-state index in [1.807, 2.05) is 6.92 Å². The summed E-state index contributed by atoms with van der Waals surface area (Å²) in [6, 6.07) is 2.15. The highest BCUT2D eigenvalue weighted by Crippen LogP contribution is 2.70. The van der Waals surface area contributed by atoms with Gasteiger partial charge in [0, 0.05) is 11.6 Å². The first-order chi connectivity index (χ1) is 8.03. The summed E-state index contributed by atoms with van der Waals surface area (Å²) in [7, 11) is -2.07. The van der Waals surface area contributed by atoms with Crippen molar-refractivity contribution in [2.24, 2.45) is 0 Å². The molecule has 0 aliphatic heterocycles. The van der Waals surface area contributed by atoms with Gasteiger partial charge in [0.2, 0.25) is 0 Å². The first kappa shape index (κ1) is 13.4. The Hall–Kier alpha value is -1.03. The van der Waals surface area contributed by atoms with Gasteiger partial charge in [0.25, 0.3) is 0 Å². The lowest BCUT2D eigenvalue weighted by Crippen LogP contribution is -2.39. The van der Waals surface area contributed by atoms with Crippen LogP contribution >= 0.6 is 9.35 Å². The highest BCUT2D eigenvalue weighted by Gasteiger charge is 2.40. The minimum atomic E-state index is -2.07. The van der Waals surface area contributed by atoms with Gasteiger partial charge in [-0.3, -0.25) is 0 Å². The molecule has 0 N–H and O–H groups in total. The van der Waals surface area contributed by atoms with Crippen LogP contribution < -0.4 is 0 Å². The molecular weight excluding hydrogens is 242 g/mol. The Morgan fingerprint density at radius 1 is 1.11 bits per heavy atom. The molecule has 0 fully saturated rings. The molecule has 0 radical (unpaired) electrons. The molecule has 0 unspecified atom stereocenters. The molecule has 18 heavy (non-hydrogen) atoms. The van der Waals surface area contributed by atoms with E-state index in [-0.39, 0.29) is 4.75 Å². The molecule has 0 saturated carbocycles. The van der Waals surface area contributed by atoms with Crippen molar-refractivity contribution in [3.8, 4) is 0 Å². The zero-order valence-corrected chi connectivity index (χ0v) is 13.4. The lowest BCUT2D eigenvalue weighted by molar-refractivity contribution is 0.768. The molecule has 0 saturated heterocycles. The Kier molecular flexibility index (Phi) is 2.61. The van der Waals surface area contributed by atoms with Crippen LogP contribution in [0.1, 0.15) is 26.5 Å². The summed E-state index contributed by atoms with van der Waals surface area (Å²) in [6.07, 6.45) is 11.1. The van der Waals surface area contributed by atoms with Crippen LogP contribution in [0.3, 0.4) is 0 Å². The van der Waals surface area contributed by atoms with Crippen molar-refractivity contribution < 1.29 is 0 Å². The van der Waals surface area contributed by atoms with Crippen LogP contribution in [0.5, 0.6) is 0 Å². The molecule has 0 amide bonds. The maximum Gasteiger partial charge on any atom is 0.150 e. The van der Waals surface area contributed by atoms with Crippen molar-refractivity contribution in [2.75, 3.05) is 18.8 Å². The topological polar surface area (TPSA) is 30.7 Å². The molecule has 2 rings (SSSR count). The van der Waals surface area contributed by atoms with E-state index in [1.165, 1.54) is 5.39 Å². The van der Waals surface area contributed by atoms with Crippen molar-refractivity contribution >= 4 is 20.4 Å². The highest BCUT2D eigenvalue weighted by atomic mass is 32.3. The van der Waals surface area contributed by atoms with Crippen LogP contribution in [0.15, 0.2) is 18.6 Å². The average Bonchev–Trinajstić information content (AvgIpc) is 2.60. The number of aromatic nitrogens is 3. The van der Waals surface area contributed by atoms with E-state index >= 15 is 0 Å². The third-order valence-corrected chi connectivity index (χ3v) is 11.2.